The van der Waals surface area contributed by atoms with E-state index in [1.54, 1.807) is 0 Å². The lowest BCUT2D eigenvalue weighted by Crippen LogP contribution is -2.33. The number of carbonyl (C=O) groups is 2. The minimum Gasteiger partial charge on any atom is -0.312 e. The fraction of sp³-hybridized carbons (Fsp3) is 0.542. The Balaban J connectivity index is 1.27. The zero-order valence-corrected chi connectivity index (χ0v) is 19.0. The highest BCUT2D eigenvalue weighted by Gasteiger charge is 2.36. The molecule has 1 aromatic carbocycles. The Morgan fingerprint density at radius 2 is 1.90 bits per heavy atom. The molecule has 2 aromatic rings. The molecule has 3 aliphatic rings. The summed E-state index contributed by atoms with van der Waals surface area (Å²) >= 11 is 1.53. The lowest BCUT2D eigenvalue weighted by Gasteiger charge is -2.18. The Labute approximate surface area is 187 Å². The van der Waals surface area contributed by atoms with Crippen molar-refractivity contribution >= 4 is 34.0 Å². The van der Waals surface area contributed by atoms with E-state index in [0.29, 0.717) is 11.7 Å². The van der Waals surface area contributed by atoms with Crippen LogP contribution < -0.4 is 10.2 Å². The van der Waals surface area contributed by atoms with Crippen molar-refractivity contribution in [2.75, 3.05) is 36.4 Å². The molecule has 2 amide bonds. The molecule has 0 bridgehead atoms. The van der Waals surface area contributed by atoms with Crippen LogP contribution in [0.1, 0.15) is 49.0 Å². The van der Waals surface area contributed by atoms with Crippen molar-refractivity contribution in [2.45, 2.75) is 51.9 Å². The number of hydrogen-bond donors (Lipinski definition) is 1. The van der Waals surface area contributed by atoms with Gasteiger partial charge in [0.05, 0.1) is 12.2 Å². The fourth-order valence-corrected chi connectivity index (χ4v) is 5.55. The molecule has 5 rings (SSSR count). The number of benzene rings is 1. The Bertz CT molecular complexity index is 989. The predicted molar refractivity (Wildman–Crippen MR) is 125 cm³/mol. The highest BCUT2D eigenvalue weighted by Crippen LogP contribution is 2.39. The first-order chi connectivity index (χ1) is 15.1. The molecule has 3 heterocycles. The van der Waals surface area contributed by atoms with Crippen LogP contribution in [-0.2, 0) is 16.0 Å². The van der Waals surface area contributed by atoms with Crippen LogP contribution in [0.25, 0.3) is 11.3 Å². The summed E-state index contributed by atoms with van der Waals surface area (Å²) in [5.74, 6) is 0.544. The number of rotatable bonds is 5. The first-order valence-electron chi connectivity index (χ1n) is 11.5. The number of fused-ring (bicyclic) bond motifs is 1. The van der Waals surface area contributed by atoms with Gasteiger partial charge in [0.25, 0.3) is 0 Å². The van der Waals surface area contributed by atoms with Gasteiger partial charge in [0.15, 0.2) is 5.13 Å². The van der Waals surface area contributed by atoms with Gasteiger partial charge in [0.2, 0.25) is 11.8 Å². The molecular weight excluding hydrogens is 408 g/mol. The average Bonchev–Trinajstić information content (AvgIpc) is 3.48. The van der Waals surface area contributed by atoms with Crippen molar-refractivity contribution in [1.82, 2.24) is 9.88 Å². The quantitative estimate of drug-likeness (QED) is 0.759. The summed E-state index contributed by atoms with van der Waals surface area (Å²) in [6, 6.07) is 6.29. The summed E-state index contributed by atoms with van der Waals surface area (Å²) in [6.45, 7) is 5.28. The molecule has 1 aromatic heterocycles. The van der Waals surface area contributed by atoms with Gasteiger partial charge in [-0.05, 0) is 69.8 Å². The van der Waals surface area contributed by atoms with Gasteiger partial charge in [-0.25, -0.2) is 4.98 Å². The monoisotopic (exact) mass is 438 g/mol. The lowest BCUT2D eigenvalue weighted by molar-refractivity contribution is -0.119. The summed E-state index contributed by atoms with van der Waals surface area (Å²) in [7, 11) is 0. The second-order valence-corrected chi connectivity index (χ2v) is 10.2. The first-order valence-corrected chi connectivity index (χ1v) is 12.3. The minimum atomic E-state index is 0.0189. The number of nitrogens with zero attached hydrogens (tertiary/aromatic N) is 3. The maximum Gasteiger partial charge on any atom is 0.240 e. The highest BCUT2D eigenvalue weighted by molar-refractivity contribution is 7.16. The molecule has 164 valence electrons. The lowest BCUT2D eigenvalue weighted by atomic mass is 10.1. The average molecular weight is 439 g/mol. The zero-order valence-electron chi connectivity index (χ0n) is 18.2. The van der Waals surface area contributed by atoms with Crippen molar-refractivity contribution in [1.29, 1.82) is 0 Å². The summed E-state index contributed by atoms with van der Waals surface area (Å²) in [5.41, 5.74) is 4.25. The highest BCUT2D eigenvalue weighted by atomic mass is 32.1. The number of anilines is 2. The van der Waals surface area contributed by atoms with Crippen LogP contribution >= 0.6 is 11.3 Å². The molecule has 0 atom stereocenters. The van der Waals surface area contributed by atoms with E-state index in [-0.39, 0.29) is 17.7 Å². The van der Waals surface area contributed by atoms with Gasteiger partial charge < -0.3 is 10.2 Å². The third-order valence-corrected chi connectivity index (χ3v) is 7.44. The maximum atomic E-state index is 12.5. The van der Waals surface area contributed by atoms with Crippen LogP contribution in [0.3, 0.4) is 0 Å². The molecule has 0 spiro atoms. The van der Waals surface area contributed by atoms with E-state index in [1.165, 1.54) is 42.6 Å². The van der Waals surface area contributed by atoms with Crippen molar-refractivity contribution in [3.63, 3.8) is 0 Å². The number of carbonyl (C=O) groups excluding carboxylic acids is 2. The molecule has 1 saturated heterocycles. The van der Waals surface area contributed by atoms with Gasteiger partial charge in [0.1, 0.15) is 0 Å². The molecule has 1 N–H and O–H groups in total. The van der Waals surface area contributed by atoms with E-state index in [9.17, 15) is 9.59 Å². The molecule has 6 nitrogen and oxygen atoms in total. The van der Waals surface area contributed by atoms with Crippen molar-refractivity contribution < 1.29 is 9.59 Å². The van der Waals surface area contributed by atoms with E-state index >= 15 is 0 Å². The van der Waals surface area contributed by atoms with Gasteiger partial charge >= 0.3 is 0 Å². The van der Waals surface area contributed by atoms with E-state index in [2.05, 4.69) is 28.4 Å². The van der Waals surface area contributed by atoms with E-state index in [0.717, 1.165) is 60.7 Å². The Morgan fingerprint density at radius 3 is 2.65 bits per heavy atom. The first kappa shape index (κ1) is 20.6. The molecule has 2 fully saturated rings. The molecule has 0 radical (unpaired) electrons. The van der Waals surface area contributed by atoms with Crippen molar-refractivity contribution in [2.24, 2.45) is 5.92 Å². The molecule has 0 unspecified atom stereocenters. The molecule has 1 aliphatic carbocycles. The maximum absolute atomic E-state index is 12.5. The second-order valence-electron chi connectivity index (χ2n) is 9.02. The SMILES string of the molecule is Cc1sc(NC(=O)CN2CCCCCC2)nc1-c1ccc2c(c1)CCN2C(=O)C1CC1. The minimum absolute atomic E-state index is 0.0189. The molecule has 7 heteroatoms. The number of aromatic nitrogens is 1. The number of likely N-dealkylation sites (tertiary alicyclic amines) is 1. The van der Waals surface area contributed by atoms with Crippen LogP contribution in [0.5, 0.6) is 0 Å². The van der Waals surface area contributed by atoms with E-state index in [4.69, 9.17) is 4.98 Å². The Morgan fingerprint density at radius 1 is 1.13 bits per heavy atom. The third-order valence-electron chi connectivity index (χ3n) is 6.55. The van der Waals surface area contributed by atoms with Gasteiger partial charge in [0, 0.05) is 28.6 Å². The van der Waals surface area contributed by atoms with Gasteiger partial charge in [-0.2, -0.15) is 0 Å². The van der Waals surface area contributed by atoms with Gasteiger partial charge in [-0.3, -0.25) is 14.5 Å². The number of nitrogens with one attached hydrogen (secondary N) is 1. The summed E-state index contributed by atoms with van der Waals surface area (Å²) in [5, 5.41) is 3.67. The fourth-order valence-electron chi connectivity index (χ4n) is 4.70. The topological polar surface area (TPSA) is 65.5 Å². The predicted octanol–water partition coefficient (Wildman–Crippen LogP) is 4.23. The third kappa shape index (κ3) is 4.53. The number of hydrogen-bond acceptors (Lipinski definition) is 5. The normalized spacial score (nSPS) is 19.2. The second kappa shape index (κ2) is 8.71. The van der Waals surface area contributed by atoms with Crippen molar-refractivity contribution in [3.8, 4) is 11.3 Å². The molecular formula is C24H30N4O2S. The summed E-state index contributed by atoms with van der Waals surface area (Å²) in [4.78, 5) is 35.1. The van der Waals surface area contributed by atoms with E-state index < -0.39 is 0 Å². The van der Waals surface area contributed by atoms with Crippen LogP contribution in [-0.4, -0.2) is 47.9 Å². The Hall–Kier alpha value is -2.25. The number of thiazole rings is 1. The van der Waals surface area contributed by atoms with Crippen molar-refractivity contribution in [3.05, 3.63) is 28.6 Å². The van der Waals surface area contributed by atoms with Crippen LogP contribution in [0.15, 0.2) is 18.2 Å². The van der Waals surface area contributed by atoms with Crippen LogP contribution in [0.4, 0.5) is 10.8 Å². The number of aryl methyl sites for hydroxylation is 1. The van der Waals surface area contributed by atoms with E-state index in [1.807, 2.05) is 11.8 Å². The molecule has 31 heavy (non-hydrogen) atoms. The zero-order chi connectivity index (χ0) is 21.4. The molecule has 2 aliphatic heterocycles. The van der Waals surface area contributed by atoms with Crippen LogP contribution in [0.2, 0.25) is 0 Å². The van der Waals surface area contributed by atoms with Crippen LogP contribution in [0, 0.1) is 12.8 Å². The smallest absolute Gasteiger partial charge is 0.240 e. The largest absolute Gasteiger partial charge is 0.312 e. The van der Waals surface area contributed by atoms with Gasteiger partial charge in [-0.15, -0.1) is 11.3 Å². The number of amides is 2. The summed E-state index contributed by atoms with van der Waals surface area (Å²) < 4.78 is 0. The Kier molecular flexibility index (Phi) is 5.80. The summed E-state index contributed by atoms with van der Waals surface area (Å²) in [6.07, 6.45) is 7.84. The van der Waals surface area contributed by atoms with Gasteiger partial charge in [-0.1, -0.05) is 18.9 Å². The molecule has 1 saturated carbocycles. The standard InChI is InChI=1S/C24H30N4O2S/c1-16-22(26-24(31-16)25-21(29)15-27-11-4-2-3-5-12-27)19-8-9-20-18(14-19)10-13-28(20)23(30)17-6-7-17/h8-9,14,17H,2-7,10-13,15H2,1H3,(H,25,26,29).